The van der Waals surface area contributed by atoms with Crippen molar-refractivity contribution in [3.05, 3.63) is 59.5 Å². The van der Waals surface area contributed by atoms with Crippen molar-refractivity contribution >= 4 is 11.7 Å². The van der Waals surface area contributed by atoms with Crippen LogP contribution in [-0.4, -0.2) is 42.0 Å². The zero-order valence-electron chi connectivity index (χ0n) is 12.4. The van der Waals surface area contributed by atoms with Crippen molar-refractivity contribution in [3.8, 4) is 6.07 Å². The quantitative estimate of drug-likeness (QED) is 0.852. The smallest absolute Gasteiger partial charge is 0.254 e. The Kier molecular flexibility index (Phi) is 4.20. The number of hydrogen-bond acceptors (Lipinski definition) is 4. The Morgan fingerprint density at radius 1 is 1.17 bits per heavy atom. The number of anilines is 1. The van der Waals surface area contributed by atoms with E-state index in [1.54, 1.807) is 29.3 Å². The molecule has 6 heteroatoms. The Labute approximate surface area is 133 Å². The molecule has 5 nitrogen and oxygen atoms in total. The van der Waals surface area contributed by atoms with Crippen molar-refractivity contribution in [1.82, 2.24) is 9.88 Å². The Morgan fingerprint density at radius 2 is 1.96 bits per heavy atom. The molecule has 0 unspecified atom stereocenters. The summed E-state index contributed by atoms with van der Waals surface area (Å²) < 4.78 is 13.2. The normalized spacial score (nSPS) is 14.4. The lowest BCUT2D eigenvalue weighted by molar-refractivity contribution is 0.0746. The summed E-state index contributed by atoms with van der Waals surface area (Å²) in [7, 11) is 0. The summed E-state index contributed by atoms with van der Waals surface area (Å²) in [5, 5.41) is 8.94. The van der Waals surface area contributed by atoms with Gasteiger partial charge in [-0.25, -0.2) is 9.37 Å². The number of carbonyl (C=O) groups is 1. The molecule has 0 saturated carbocycles. The number of benzene rings is 1. The third-order valence-corrected chi connectivity index (χ3v) is 3.84. The van der Waals surface area contributed by atoms with Crippen LogP contribution in [-0.2, 0) is 0 Å². The molecule has 116 valence electrons. The minimum absolute atomic E-state index is 0.164. The highest BCUT2D eigenvalue weighted by atomic mass is 19.1. The summed E-state index contributed by atoms with van der Waals surface area (Å²) in [5.74, 6) is 0.164. The van der Waals surface area contributed by atoms with Gasteiger partial charge in [0.15, 0.2) is 0 Å². The number of pyridine rings is 1. The highest BCUT2D eigenvalue weighted by Crippen LogP contribution is 2.16. The molecular weight excluding hydrogens is 295 g/mol. The summed E-state index contributed by atoms with van der Waals surface area (Å²) in [6.07, 6.45) is 1.61. The van der Waals surface area contributed by atoms with Gasteiger partial charge in [-0.15, -0.1) is 0 Å². The van der Waals surface area contributed by atoms with Crippen LogP contribution in [0, 0.1) is 17.1 Å². The molecule has 1 aliphatic rings. The number of aromatic nitrogens is 1. The largest absolute Gasteiger partial charge is 0.353 e. The van der Waals surface area contributed by atoms with Crippen LogP contribution in [0.25, 0.3) is 0 Å². The van der Waals surface area contributed by atoms with E-state index in [4.69, 9.17) is 5.26 Å². The van der Waals surface area contributed by atoms with E-state index in [0.717, 1.165) is 5.82 Å². The second-order valence-corrected chi connectivity index (χ2v) is 5.30. The number of piperazine rings is 1. The monoisotopic (exact) mass is 310 g/mol. The third-order valence-electron chi connectivity index (χ3n) is 3.84. The fraction of sp³-hybridized carbons (Fsp3) is 0.235. The standard InChI is InChI=1S/C17H15FN4O/c18-15-3-1-2-14(11-15)17(23)22-8-6-21(7-9-22)16-10-13(12-19)4-5-20-16/h1-5,10-11H,6-9H2. The molecule has 1 amide bonds. The zero-order chi connectivity index (χ0) is 16.2. The number of nitrogens with zero attached hydrogens (tertiary/aromatic N) is 4. The third kappa shape index (κ3) is 3.29. The van der Waals surface area contributed by atoms with Gasteiger partial charge in [0, 0.05) is 37.9 Å². The second-order valence-electron chi connectivity index (χ2n) is 5.30. The SMILES string of the molecule is N#Cc1ccnc(N2CCN(C(=O)c3cccc(F)c3)CC2)c1. The van der Waals surface area contributed by atoms with Crippen molar-refractivity contribution in [2.24, 2.45) is 0 Å². The molecule has 0 aliphatic carbocycles. The van der Waals surface area contributed by atoms with Crippen LogP contribution in [0.1, 0.15) is 15.9 Å². The molecule has 1 aromatic heterocycles. The number of nitriles is 1. The first kappa shape index (κ1) is 15.0. The summed E-state index contributed by atoms with van der Waals surface area (Å²) in [6, 6.07) is 11.2. The maximum absolute atomic E-state index is 13.2. The summed E-state index contributed by atoms with van der Waals surface area (Å²) in [5.41, 5.74) is 0.927. The summed E-state index contributed by atoms with van der Waals surface area (Å²) >= 11 is 0. The average molecular weight is 310 g/mol. The summed E-state index contributed by atoms with van der Waals surface area (Å²) in [6.45, 7) is 2.33. The molecule has 1 saturated heterocycles. The van der Waals surface area contributed by atoms with Gasteiger partial charge >= 0.3 is 0 Å². The summed E-state index contributed by atoms with van der Waals surface area (Å²) in [4.78, 5) is 20.4. The van der Waals surface area contributed by atoms with Crippen LogP contribution in [0.15, 0.2) is 42.6 Å². The highest BCUT2D eigenvalue weighted by molar-refractivity contribution is 5.94. The van der Waals surface area contributed by atoms with Crippen molar-refractivity contribution in [1.29, 1.82) is 5.26 Å². The molecule has 2 aromatic rings. The Morgan fingerprint density at radius 3 is 2.65 bits per heavy atom. The molecule has 1 fully saturated rings. The molecule has 23 heavy (non-hydrogen) atoms. The first-order valence-corrected chi connectivity index (χ1v) is 7.33. The van der Waals surface area contributed by atoms with Crippen molar-refractivity contribution in [3.63, 3.8) is 0 Å². The molecule has 0 bridgehead atoms. The molecule has 0 radical (unpaired) electrons. The van der Waals surface area contributed by atoms with Crippen LogP contribution in [0.2, 0.25) is 0 Å². The number of carbonyl (C=O) groups excluding carboxylic acids is 1. The number of hydrogen-bond donors (Lipinski definition) is 0. The van der Waals surface area contributed by atoms with E-state index in [2.05, 4.69) is 11.1 Å². The molecule has 2 heterocycles. The van der Waals surface area contributed by atoms with E-state index < -0.39 is 5.82 Å². The van der Waals surface area contributed by atoms with Gasteiger partial charge in [0.1, 0.15) is 11.6 Å². The fourth-order valence-electron chi connectivity index (χ4n) is 2.60. The van der Waals surface area contributed by atoms with E-state index >= 15 is 0 Å². The molecule has 1 aromatic carbocycles. The molecule has 0 N–H and O–H groups in total. The van der Waals surface area contributed by atoms with Gasteiger partial charge in [0.25, 0.3) is 5.91 Å². The average Bonchev–Trinajstić information content (AvgIpc) is 2.61. The van der Waals surface area contributed by atoms with E-state index in [1.165, 1.54) is 18.2 Å². The Bertz CT molecular complexity index is 763. The molecule has 0 spiro atoms. The molecule has 1 aliphatic heterocycles. The Balaban J connectivity index is 1.66. The lowest BCUT2D eigenvalue weighted by Gasteiger charge is -2.35. The van der Waals surface area contributed by atoms with Crippen LogP contribution >= 0.6 is 0 Å². The highest BCUT2D eigenvalue weighted by Gasteiger charge is 2.23. The lowest BCUT2D eigenvalue weighted by atomic mass is 10.1. The first-order valence-electron chi connectivity index (χ1n) is 7.33. The van der Waals surface area contributed by atoms with Gasteiger partial charge in [-0.3, -0.25) is 4.79 Å². The Hall–Kier alpha value is -2.94. The van der Waals surface area contributed by atoms with Crippen LogP contribution in [0.4, 0.5) is 10.2 Å². The topological polar surface area (TPSA) is 60.2 Å². The van der Waals surface area contributed by atoms with Gasteiger partial charge in [0.05, 0.1) is 11.6 Å². The maximum atomic E-state index is 13.2. The zero-order valence-corrected chi connectivity index (χ0v) is 12.4. The van der Waals surface area contributed by atoms with Gasteiger partial charge in [-0.05, 0) is 30.3 Å². The second kappa shape index (κ2) is 6.44. The van der Waals surface area contributed by atoms with E-state index in [9.17, 15) is 9.18 Å². The van der Waals surface area contributed by atoms with Crippen LogP contribution < -0.4 is 4.90 Å². The van der Waals surface area contributed by atoms with Crippen molar-refractivity contribution in [2.45, 2.75) is 0 Å². The van der Waals surface area contributed by atoms with Gasteiger partial charge in [-0.2, -0.15) is 5.26 Å². The minimum Gasteiger partial charge on any atom is -0.353 e. The number of amides is 1. The minimum atomic E-state index is -0.410. The van der Waals surface area contributed by atoms with E-state index in [0.29, 0.717) is 37.3 Å². The number of rotatable bonds is 2. The van der Waals surface area contributed by atoms with Gasteiger partial charge in [-0.1, -0.05) is 6.07 Å². The lowest BCUT2D eigenvalue weighted by Crippen LogP contribution is -2.49. The molecular formula is C17H15FN4O. The van der Waals surface area contributed by atoms with E-state index in [1.807, 2.05) is 4.90 Å². The predicted octanol–water partition coefficient (Wildman–Crippen LogP) is 2.05. The fourth-order valence-corrected chi connectivity index (χ4v) is 2.60. The maximum Gasteiger partial charge on any atom is 0.254 e. The molecule has 0 atom stereocenters. The van der Waals surface area contributed by atoms with Crippen molar-refractivity contribution in [2.75, 3.05) is 31.1 Å². The van der Waals surface area contributed by atoms with Gasteiger partial charge < -0.3 is 9.80 Å². The van der Waals surface area contributed by atoms with E-state index in [-0.39, 0.29) is 5.91 Å². The number of halogens is 1. The van der Waals surface area contributed by atoms with Gasteiger partial charge in [0.2, 0.25) is 0 Å². The first-order chi connectivity index (χ1) is 11.2. The van der Waals surface area contributed by atoms with Crippen LogP contribution in [0.3, 0.4) is 0 Å². The predicted molar refractivity (Wildman–Crippen MR) is 83.5 cm³/mol. The van der Waals surface area contributed by atoms with Crippen molar-refractivity contribution < 1.29 is 9.18 Å². The molecule has 3 rings (SSSR count). The van der Waals surface area contributed by atoms with Crippen LogP contribution in [0.5, 0.6) is 0 Å².